The molecule has 0 saturated carbocycles. The van der Waals surface area contributed by atoms with E-state index in [2.05, 4.69) is 45.0 Å². The van der Waals surface area contributed by atoms with Gasteiger partial charge in [-0.05, 0) is 57.1 Å². The van der Waals surface area contributed by atoms with Gasteiger partial charge in [-0.2, -0.15) is 16.9 Å². The summed E-state index contributed by atoms with van der Waals surface area (Å²) < 4.78 is 1.93. The summed E-state index contributed by atoms with van der Waals surface area (Å²) in [5.74, 6) is 1.98. The van der Waals surface area contributed by atoms with Crippen molar-refractivity contribution in [1.82, 2.24) is 15.1 Å². The minimum atomic E-state index is -0.769. The monoisotopic (exact) mass is 339 g/mol. The molecule has 0 radical (unpaired) electrons. The summed E-state index contributed by atoms with van der Waals surface area (Å²) in [6.07, 6.45) is 1.46. The predicted molar refractivity (Wildman–Crippen MR) is 95.2 cm³/mol. The number of carbonyl (C=O) groups excluding carboxylic acids is 1. The fourth-order valence-corrected chi connectivity index (χ4v) is 3.97. The van der Waals surface area contributed by atoms with Gasteiger partial charge in [-0.15, -0.1) is 0 Å². The largest absolute Gasteiger partial charge is 0.388 e. The molecule has 1 aromatic rings. The zero-order valence-electron chi connectivity index (χ0n) is 14.8. The average molecular weight is 340 g/mol. The minimum absolute atomic E-state index is 0.170. The van der Waals surface area contributed by atoms with Gasteiger partial charge in [-0.1, -0.05) is 13.8 Å². The molecule has 0 unspecified atom stereocenters. The molecule has 23 heavy (non-hydrogen) atoms. The highest BCUT2D eigenvalue weighted by molar-refractivity contribution is 7.99. The van der Waals surface area contributed by atoms with Crippen LogP contribution >= 0.6 is 11.8 Å². The van der Waals surface area contributed by atoms with Gasteiger partial charge < -0.3 is 10.4 Å². The summed E-state index contributed by atoms with van der Waals surface area (Å²) in [4.78, 5) is 12.4. The van der Waals surface area contributed by atoms with Gasteiger partial charge in [0.25, 0.3) is 5.91 Å². The first kappa shape index (κ1) is 18.3. The molecule has 2 rings (SSSR count). The maximum atomic E-state index is 12.4. The summed E-state index contributed by atoms with van der Waals surface area (Å²) >= 11 is 1.85. The Morgan fingerprint density at radius 2 is 2.04 bits per heavy atom. The molecule has 1 aliphatic rings. The second-order valence-corrected chi connectivity index (χ2v) is 8.94. The Hall–Kier alpha value is -1.01. The molecule has 0 aliphatic carbocycles. The van der Waals surface area contributed by atoms with Crippen LogP contribution in [-0.4, -0.2) is 44.4 Å². The van der Waals surface area contributed by atoms with Crippen LogP contribution in [0.3, 0.4) is 0 Å². The van der Waals surface area contributed by atoms with E-state index in [0.717, 1.165) is 30.0 Å². The molecule has 130 valence electrons. The van der Waals surface area contributed by atoms with Crippen molar-refractivity contribution >= 4 is 17.7 Å². The first-order valence-electron chi connectivity index (χ1n) is 8.31. The van der Waals surface area contributed by atoms with E-state index in [4.69, 9.17) is 0 Å². The van der Waals surface area contributed by atoms with Gasteiger partial charge in [0.15, 0.2) is 0 Å². The first-order valence-corrected chi connectivity index (χ1v) is 9.47. The maximum Gasteiger partial charge on any atom is 0.271 e. The normalized spacial score (nSPS) is 18.2. The van der Waals surface area contributed by atoms with E-state index in [0.29, 0.717) is 18.2 Å². The molecule has 1 fully saturated rings. The number of hydrogen-bond donors (Lipinski definition) is 2. The second-order valence-electron chi connectivity index (χ2n) is 7.71. The molecule has 2 N–H and O–H groups in total. The predicted octanol–water partition coefficient (Wildman–Crippen LogP) is 2.75. The standard InChI is InChI=1S/C17H29N3O2S/c1-12(2)14-10-13(19-20(14)16(3,4)5)15(21)18-11-17(22)6-8-23-9-7-17/h10,12,22H,6-9,11H2,1-5H3,(H,18,21). The van der Waals surface area contributed by atoms with E-state index in [1.165, 1.54) is 0 Å². The fraction of sp³-hybridized carbons (Fsp3) is 0.765. The van der Waals surface area contributed by atoms with Crippen LogP contribution in [0, 0.1) is 0 Å². The Bertz CT molecular complexity index is 555. The van der Waals surface area contributed by atoms with Crippen molar-refractivity contribution in [2.24, 2.45) is 0 Å². The van der Waals surface area contributed by atoms with Crippen molar-refractivity contribution in [2.75, 3.05) is 18.1 Å². The van der Waals surface area contributed by atoms with Gasteiger partial charge in [0.2, 0.25) is 0 Å². The fourth-order valence-electron chi connectivity index (χ4n) is 2.72. The molecule has 1 aliphatic heterocycles. The zero-order valence-corrected chi connectivity index (χ0v) is 15.7. The molecule has 0 aromatic carbocycles. The van der Waals surface area contributed by atoms with Crippen LogP contribution in [0.25, 0.3) is 0 Å². The number of carbonyl (C=O) groups is 1. The van der Waals surface area contributed by atoms with E-state index >= 15 is 0 Å². The van der Waals surface area contributed by atoms with E-state index in [9.17, 15) is 9.90 Å². The minimum Gasteiger partial charge on any atom is -0.388 e. The van der Waals surface area contributed by atoms with Crippen molar-refractivity contribution in [2.45, 2.75) is 64.5 Å². The molecular weight excluding hydrogens is 310 g/mol. The van der Waals surface area contributed by atoms with Crippen molar-refractivity contribution in [1.29, 1.82) is 0 Å². The van der Waals surface area contributed by atoms with E-state index < -0.39 is 5.60 Å². The van der Waals surface area contributed by atoms with Crippen molar-refractivity contribution in [3.63, 3.8) is 0 Å². The highest BCUT2D eigenvalue weighted by atomic mass is 32.2. The Morgan fingerprint density at radius 1 is 1.43 bits per heavy atom. The lowest BCUT2D eigenvalue weighted by atomic mass is 9.97. The Labute approximate surface area is 143 Å². The first-order chi connectivity index (χ1) is 10.6. The smallest absolute Gasteiger partial charge is 0.271 e. The Balaban J connectivity index is 2.10. The van der Waals surface area contributed by atoms with Crippen LogP contribution < -0.4 is 5.32 Å². The molecule has 0 atom stereocenters. The highest BCUT2D eigenvalue weighted by Gasteiger charge is 2.30. The van der Waals surface area contributed by atoms with Crippen molar-refractivity contribution in [3.8, 4) is 0 Å². The number of nitrogens with zero attached hydrogens (tertiary/aromatic N) is 2. The lowest BCUT2D eigenvalue weighted by Crippen LogP contribution is -2.45. The van der Waals surface area contributed by atoms with Gasteiger partial charge >= 0.3 is 0 Å². The van der Waals surface area contributed by atoms with Gasteiger partial charge in [0.05, 0.1) is 11.1 Å². The van der Waals surface area contributed by atoms with Crippen LogP contribution in [0.4, 0.5) is 0 Å². The highest BCUT2D eigenvalue weighted by Crippen LogP contribution is 2.27. The van der Waals surface area contributed by atoms with Crippen LogP contribution in [0.5, 0.6) is 0 Å². The Morgan fingerprint density at radius 3 is 2.52 bits per heavy atom. The average Bonchev–Trinajstić information content (AvgIpc) is 2.91. The SMILES string of the molecule is CC(C)c1cc(C(=O)NCC2(O)CCSCC2)nn1C(C)(C)C. The Kier molecular flexibility index (Phi) is 5.46. The molecule has 1 amide bonds. The molecule has 5 nitrogen and oxygen atoms in total. The number of amides is 1. The van der Waals surface area contributed by atoms with E-state index in [1.807, 2.05) is 22.5 Å². The second kappa shape index (κ2) is 6.85. The summed E-state index contributed by atoms with van der Waals surface area (Å²) in [6, 6.07) is 1.87. The van der Waals surface area contributed by atoms with Crippen LogP contribution in [-0.2, 0) is 5.54 Å². The molecule has 0 spiro atoms. The number of aromatic nitrogens is 2. The van der Waals surface area contributed by atoms with Gasteiger partial charge in [-0.3, -0.25) is 9.48 Å². The molecule has 6 heteroatoms. The lowest BCUT2D eigenvalue weighted by molar-refractivity contribution is 0.0310. The van der Waals surface area contributed by atoms with Gasteiger partial charge in [-0.25, -0.2) is 0 Å². The number of aliphatic hydroxyl groups is 1. The van der Waals surface area contributed by atoms with E-state index in [-0.39, 0.29) is 11.4 Å². The van der Waals surface area contributed by atoms with Crippen molar-refractivity contribution in [3.05, 3.63) is 17.5 Å². The molecule has 1 aromatic heterocycles. The van der Waals surface area contributed by atoms with Gasteiger partial charge in [0.1, 0.15) is 5.69 Å². The summed E-state index contributed by atoms with van der Waals surface area (Å²) in [7, 11) is 0. The third kappa shape index (κ3) is 4.51. The van der Waals surface area contributed by atoms with E-state index in [1.54, 1.807) is 0 Å². The summed E-state index contributed by atoms with van der Waals surface area (Å²) in [5.41, 5.74) is 0.540. The van der Waals surface area contributed by atoms with Gasteiger partial charge in [0, 0.05) is 12.2 Å². The number of rotatable bonds is 4. The molecule has 0 bridgehead atoms. The zero-order chi connectivity index (χ0) is 17.3. The molecule has 2 heterocycles. The number of thioether (sulfide) groups is 1. The van der Waals surface area contributed by atoms with Crippen LogP contribution in [0.15, 0.2) is 6.07 Å². The maximum absolute atomic E-state index is 12.4. The number of nitrogens with one attached hydrogen (secondary N) is 1. The van der Waals surface area contributed by atoms with Crippen LogP contribution in [0.1, 0.15) is 69.6 Å². The quantitative estimate of drug-likeness (QED) is 0.885. The topological polar surface area (TPSA) is 67.2 Å². The summed E-state index contributed by atoms with van der Waals surface area (Å²) in [6.45, 7) is 10.7. The van der Waals surface area contributed by atoms with Crippen molar-refractivity contribution < 1.29 is 9.90 Å². The number of hydrogen-bond acceptors (Lipinski definition) is 4. The molecule has 1 saturated heterocycles. The third-order valence-electron chi connectivity index (χ3n) is 4.20. The molecular formula is C17H29N3O2S. The third-order valence-corrected chi connectivity index (χ3v) is 5.18. The van der Waals surface area contributed by atoms with Crippen LogP contribution in [0.2, 0.25) is 0 Å². The lowest BCUT2D eigenvalue weighted by Gasteiger charge is -2.31. The summed E-state index contributed by atoms with van der Waals surface area (Å²) in [5, 5.41) is 17.9.